The molecule has 0 radical (unpaired) electrons. The van der Waals surface area contributed by atoms with Gasteiger partial charge in [0.25, 0.3) is 0 Å². The van der Waals surface area contributed by atoms with Crippen molar-refractivity contribution in [2.24, 2.45) is 11.7 Å². The summed E-state index contributed by atoms with van der Waals surface area (Å²) in [5, 5.41) is 7.93. The molecular formula is C15H25N3O4. The molecule has 3 N–H and O–H groups in total. The van der Waals surface area contributed by atoms with Crippen LogP contribution in [-0.4, -0.2) is 48.0 Å². The molecule has 0 bridgehead atoms. The second-order valence-corrected chi connectivity index (χ2v) is 6.29. The average molecular weight is 311 g/mol. The number of nitrogens with zero attached hydrogens (tertiary/aromatic N) is 1. The Bertz CT molecular complexity index is 505. The Labute approximate surface area is 130 Å². The molecule has 1 aliphatic heterocycles. The summed E-state index contributed by atoms with van der Waals surface area (Å²) in [5.74, 6) is -0.898. The quantitative estimate of drug-likeness (QED) is 0.609. The van der Waals surface area contributed by atoms with E-state index in [1.54, 1.807) is 27.7 Å². The van der Waals surface area contributed by atoms with E-state index in [0.717, 1.165) is 0 Å². The van der Waals surface area contributed by atoms with Gasteiger partial charge in [-0.25, -0.2) is 9.59 Å². The zero-order valence-electron chi connectivity index (χ0n) is 13.9. The summed E-state index contributed by atoms with van der Waals surface area (Å²) >= 11 is 0. The van der Waals surface area contributed by atoms with Crippen LogP contribution in [0.5, 0.6) is 0 Å². The molecule has 22 heavy (non-hydrogen) atoms. The number of amides is 1. The van der Waals surface area contributed by atoms with E-state index in [4.69, 9.17) is 20.6 Å². The van der Waals surface area contributed by atoms with Gasteiger partial charge in [0.1, 0.15) is 11.3 Å². The highest BCUT2D eigenvalue weighted by Crippen LogP contribution is 2.22. The molecule has 7 nitrogen and oxygen atoms in total. The Balaban J connectivity index is 2.94. The van der Waals surface area contributed by atoms with Crippen molar-refractivity contribution in [3.8, 4) is 0 Å². The minimum Gasteiger partial charge on any atom is -0.461 e. The van der Waals surface area contributed by atoms with Gasteiger partial charge in [0.2, 0.25) is 0 Å². The highest BCUT2D eigenvalue weighted by Gasteiger charge is 2.33. The summed E-state index contributed by atoms with van der Waals surface area (Å²) in [6.45, 7) is 9.49. The van der Waals surface area contributed by atoms with Gasteiger partial charge in [0.15, 0.2) is 0 Å². The largest absolute Gasteiger partial charge is 0.461 e. The van der Waals surface area contributed by atoms with Crippen LogP contribution in [-0.2, 0) is 14.3 Å². The minimum absolute atomic E-state index is 0.0722. The Hall–Kier alpha value is -2.05. The molecule has 1 atom stereocenters. The van der Waals surface area contributed by atoms with E-state index in [1.165, 1.54) is 4.90 Å². The fourth-order valence-corrected chi connectivity index (χ4v) is 2.09. The number of ether oxygens (including phenoxy) is 2. The summed E-state index contributed by atoms with van der Waals surface area (Å²) in [6.07, 6.45) is -0.485. The number of hydrogen-bond acceptors (Lipinski definition) is 6. The maximum absolute atomic E-state index is 12.2. The van der Waals surface area contributed by atoms with Crippen LogP contribution in [0.15, 0.2) is 11.3 Å². The first kappa shape index (κ1) is 18.0. The molecule has 0 saturated carbocycles. The molecule has 0 fully saturated rings. The van der Waals surface area contributed by atoms with Gasteiger partial charge >= 0.3 is 12.1 Å². The highest BCUT2D eigenvalue weighted by molar-refractivity contribution is 6.42. The first-order valence-corrected chi connectivity index (χ1v) is 7.29. The monoisotopic (exact) mass is 311 g/mol. The van der Waals surface area contributed by atoms with Crippen molar-refractivity contribution in [3.63, 3.8) is 0 Å². The van der Waals surface area contributed by atoms with Crippen LogP contribution in [0, 0.1) is 11.3 Å². The third-order valence-corrected chi connectivity index (χ3v) is 3.16. The van der Waals surface area contributed by atoms with Crippen molar-refractivity contribution in [3.05, 3.63) is 11.3 Å². The molecule has 0 aromatic rings. The van der Waals surface area contributed by atoms with Gasteiger partial charge in [0, 0.05) is 23.7 Å². The Kier molecular flexibility index (Phi) is 5.57. The molecule has 0 saturated heterocycles. The molecule has 7 heteroatoms. The number of esters is 1. The lowest BCUT2D eigenvalue weighted by Gasteiger charge is -2.34. The van der Waals surface area contributed by atoms with Crippen molar-refractivity contribution in [1.29, 1.82) is 5.41 Å². The van der Waals surface area contributed by atoms with Crippen molar-refractivity contribution in [2.75, 3.05) is 19.7 Å². The third-order valence-electron chi connectivity index (χ3n) is 3.16. The van der Waals surface area contributed by atoms with Crippen LogP contribution in [0.4, 0.5) is 4.79 Å². The summed E-state index contributed by atoms with van der Waals surface area (Å²) in [7, 11) is 0. The molecule has 1 amide bonds. The molecule has 1 aliphatic rings. The fraction of sp³-hybridized carbons (Fsp3) is 0.667. The number of carbonyl (C=O) groups excluding carboxylic acids is 2. The highest BCUT2D eigenvalue weighted by atomic mass is 16.6. The van der Waals surface area contributed by atoms with Crippen LogP contribution in [0.2, 0.25) is 0 Å². The molecule has 0 aliphatic carbocycles. The molecule has 1 rings (SSSR count). The van der Waals surface area contributed by atoms with E-state index in [9.17, 15) is 9.59 Å². The standard InChI is InChI=1S/C15H25N3O4/c1-6-21-13(19)12(17)10-8-18(7-9(2)11(10)16)14(20)22-15(3,4)5/h9,17H,6-8,16H2,1-5H3. The van der Waals surface area contributed by atoms with Crippen LogP contribution < -0.4 is 5.73 Å². The van der Waals surface area contributed by atoms with Crippen LogP contribution in [0.3, 0.4) is 0 Å². The van der Waals surface area contributed by atoms with Crippen molar-refractivity contribution in [1.82, 2.24) is 4.90 Å². The van der Waals surface area contributed by atoms with Gasteiger partial charge in [-0.3, -0.25) is 5.41 Å². The lowest BCUT2D eigenvalue weighted by atomic mass is 9.94. The molecular weight excluding hydrogens is 286 g/mol. The molecule has 124 valence electrons. The van der Waals surface area contributed by atoms with E-state index < -0.39 is 17.7 Å². The lowest BCUT2D eigenvalue weighted by Crippen LogP contribution is -2.46. The maximum atomic E-state index is 12.2. The van der Waals surface area contributed by atoms with E-state index in [2.05, 4.69) is 0 Å². The van der Waals surface area contributed by atoms with E-state index in [0.29, 0.717) is 17.8 Å². The second kappa shape index (κ2) is 6.81. The summed E-state index contributed by atoms with van der Waals surface area (Å²) in [4.78, 5) is 25.4. The van der Waals surface area contributed by atoms with Gasteiger partial charge in [-0.2, -0.15) is 0 Å². The first-order chi connectivity index (χ1) is 10.1. The van der Waals surface area contributed by atoms with E-state index in [1.807, 2.05) is 6.92 Å². The summed E-state index contributed by atoms with van der Waals surface area (Å²) in [6, 6.07) is 0. The summed E-state index contributed by atoms with van der Waals surface area (Å²) < 4.78 is 10.2. The zero-order valence-corrected chi connectivity index (χ0v) is 13.9. The van der Waals surface area contributed by atoms with E-state index in [-0.39, 0.29) is 24.8 Å². The normalized spacial score (nSPS) is 19.0. The van der Waals surface area contributed by atoms with Crippen molar-refractivity contribution in [2.45, 2.75) is 40.2 Å². The number of hydrogen-bond donors (Lipinski definition) is 2. The lowest BCUT2D eigenvalue weighted by molar-refractivity contribution is -0.135. The minimum atomic E-state index is -0.737. The van der Waals surface area contributed by atoms with Gasteiger partial charge in [-0.05, 0) is 27.7 Å². The predicted octanol–water partition coefficient (Wildman–Crippen LogP) is 1.67. The second-order valence-electron chi connectivity index (χ2n) is 6.29. The van der Waals surface area contributed by atoms with Gasteiger partial charge in [-0.1, -0.05) is 6.92 Å². The van der Waals surface area contributed by atoms with Crippen LogP contribution >= 0.6 is 0 Å². The Morgan fingerprint density at radius 1 is 1.41 bits per heavy atom. The van der Waals surface area contributed by atoms with Crippen LogP contribution in [0.1, 0.15) is 34.6 Å². The molecule has 0 aromatic carbocycles. The van der Waals surface area contributed by atoms with Gasteiger partial charge < -0.3 is 20.1 Å². The SMILES string of the molecule is CCOC(=O)C(=N)C1=C(N)C(C)CN(C(=O)OC(C)(C)C)C1. The number of nitrogens with two attached hydrogens (primary N) is 1. The van der Waals surface area contributed by atoms with E-state index >= 15 is 0 Å². The first-order valence-electron chi connectivity index (χ1n) is 7.29. The molecule has 0 aromatic heterocycles. The van der Waals surface area contributed by atoms with Crippen molar-refractivity contribution < 1.29 is 19.1 Å². The number of carbonyl (C=O) groups is 2. The molecule has 0 spiro atoms. The predicted molar refractivity (Wildman–Crippen MR) is 82.5 cm³/mol. The maximum Gasteiger partial charge on any atom is 0.410 e. The van der Waals surface area contributed by atoms with Crippen molar-refractivity contribution >= 4 is 17.8 Å². The number of nitrogens with one attached hydrogen (secondary N) is 1. The van der Waals surface area contributed by atoms with Gasteiger partial charge in [0.05, 0.1) is 13.2 Å². The molecule has 1 unspecified atom stereocenters. The third kappa shape index (κ3) is 4.47. The summed E-state index contributed by atoms with van der Waals surface area (Å²) in [5.41, 5.74) is 5.85. The smallest absolute Gasteiger partial charge is 0.410 e. The molecule has 1 heterocycles. The number of rotatable bonds is 3. The fourth-order valence-electron chi connectivity index (χ4n) is 2.09. The topological polar surface area (TPSA) is 106 Å². The van der Waals surface area contributed by atoms with Gasteiger partial charge in [-0.15, -0.1) is 0 Å². The van der Waals surface area contributed by atoms with Crippen LogP contribution in [0.25, 0.3) is 0 Å². The zero-order chi connectivity index (χ0) is 17.1. The Morgan fingerprint density at radius 3 is 2.50 bits per heavy atom. The average Bonchev–Trinajstić information content (AvgIpc) is 2.39. The Morgan fingerprint density at radius 2 is 2.00 bits per heavy atom.